The minimum absolute atomic E-state index is 0. The molecule has 0 saturated carbocycles. The molecule has 0 bridgehead atoms. The van der Waals surface area contributed by atoms with Crippen LogP contribution in [0.4, 0.5) is 5.69 Å². The van der Waals surface area contributed by atoms with Crippen molar-refractivity contribution in [1.82, 2.24) is 0 Å². The predicted molar refractivity (Wildman–Crippen MR) is 53.2 cm³/mol. The number of nitro benzene ring substituents is 1. The van der Waals surface area contributed by atoms with Gasteiger partial charge in [0.05, 0.1) is 4.92 Å². The highest BCUT2D eigenvalue weighted by Crippen LogP contribution is 2.24. The van der Waals surface area contributed by atoms with Gasteiger partial charge in [0.1, 0.15) is 5.02 Å². The molecule has 0 heterocycles. The van der Waals surface area contributed by atoms with Crippen molar-refractivity contribution in [2.24, 2.45) is 5.73 Å². The number of hydrogen-bond acceptors (Lipinski definition) is 3. The zero-order valence-corrected chi connectivity index (χ0v) is 8.14. The minimum atomic E-state index is -0.526. The Bertz CT molecular complexity index is 317. The molecule has 0 unspecified atom stereocenters. The molecule has 0 fully saturated rings. The van der Waals surface area contributed by atoms with Crippen molar-refractivity contribution in [2.45, 2.75) is 6.54 Å². The van der Waals surface area contributed by atoms with E-state index in [1.807, 2.05) is 0 Å². The van der Waals surface area contributed by atoms with Crippen LogP contribution in [0.25, 0.3) is 0 Å². The highest BCUT2D eigenvalue weighted by atomic mass is 35.5. The molecule has 0 saturated heterocycles. The Labute approximate surface area is 86.2 Å². The van der Waals surface area contributed by atoms with Gasteiger partial charge in [-0.3, -0.25) is 10.1 Å². The zero-order chi connectivity index (χ0) is 9.14. The Balaban J connectivity index is 0.00000144. The molecule has 0 spiro atoms. The van der Waals surface area contributed by atoms with Crippen molar-refractivity contribution < 1.29 is 4.92 Å². The second-order valence-electron chi connectivity index (χ2n) is 2.25. The van der Waals surface area contributed by atoms with Gasteiger partial charge in [-0.2, -0.15) is 0 Å². The molecular weight excluding hydrogens is 215 g/mol. The van der Waals surface area contributed by atoms with Crippen molar-refractivity contribution in [3.05, 3.63) is 38.9 Å². The molecular formula is C7H8Cl2N2O2. The summed E-state index contributed by atoms with van der Waals surface area (Å²) in [5.41, 5.74) is 5.91. The van der Waals surface area contributed by atoms with Gasteiger partial charge in [0.2, 0.25) is 0 Å². The van der Waals surface area contributed by atoms with E-state index in [-0.39, 0.29) is 29.7 Å². The highest BCUT2D eigenvalue weighted by molar-refractivity contribution is 6.32. The summed E-state index contributed by atoms with van der Waals surface area (Å²) in [5, 5.41) is 10.5. The van der Waals surface area contributed by atoms with E-state index in [9.17, 15) is 10.1 Å². The second kappa shape index (κ2) is 5.01. The van der Waals surface area contributed by atoms with E-state index >= 15 is 0 Å². The van der Waals surface area contributed by atoms with Crippen LogP contribution in [0, 0.1) is 10.1 Å². The molecule has 6 heteroatoms. The molecule has 1 rings (SSSR count). The fraction of sp³-hybridized carbons (Fsp3) is 0.143. The first kappa shape index (κ1) is 12.2. The number of nitro groups is 1. The van der Waals surface area contributed by atoms with Crippen molar-refractivity contribution in [2.75, 3.05) is 0 Å². The molecule has 0 aromatic heterocycles. The van der Waals surface area contributed by atoms with Gasteiger partial charge in [-0.1, -0.05) is 17.7 Å². The Kier molecular flexibility index (Phi) is 4.69. The summed E-state index contributed by atoms with van der Waals surface area (Å²) in [6.45, 7) is 0.276. The predicted octanol–water partition coefficient (Wildman–Crippen LogP) is 2.13. The summed E-state index contributed by atoms with van der Waals surface area (Å²) in [4.78, 5) is 9.84. The molecule has 1 aromatic rings. The average Bonchev–Trinajstić information content (AvgIpc) is 2.05. The fourth-order valence-electron chi connectivity index (χ4n) is 0.825. The van der Waals surface area contributed by atoms with Gasteiger partial charge in [0.25, 0.3) is 5.69 Å². The smallest absolute Gasteiger partial charge is 0.288 e. The molecule has 0 atom stereocenters. The number of halogens is 2. The normalized spacial score (nSPS) is 9.08. The van der Waals surface area contributed by atoms with Gasteiger partial charge in [0, 0.05) is 12.6 Å². The summed E-state index contributed by atoms with van der Waals surface area (Å²) in [7, 11) is 0. The molecule has 0 aliphatic carbocycles. The summed E-state index contributed by atoms with van der Waals surface area (Å²) in [5.74, 6) is 0. The molecule has 0 amide bonds. The SMILES string of the molecule is Cl.NCc1ccc(Cl)c([N+](=O)[O-])c1. The van der Waals surface area contributed by atoms with Gasteiger partial charge < -0.3 is 5.73 Å². The number of nitrogens with zero attached hydrogens (tertiary/aromatic N) is 1. The molecule has 1 aromatic carbocycles. The largest absolute Gasteiger partial charge is 0.326 e. The standard InChI is InChI=1S/C7H7ClN2O2.ClH/c8-6-2-1-5(4-9)3-7(6)10(11)12;/h1-3H,4,9H2;1H. The molecule has 0 aliphatic heterocycles. The number of benzene rings is 1. The summed E-state index contributed by atoms with van der Waals surface area (Å²) in [6.07, 6.45) is 0. The first-order valence-electron chi connectivity index (χ1n) is 3.28. The highest BCUT2D eigenvalue weighted by Gasteiger charge is 2.11. The minimum Gasteiger partial charge on any atom is -0.326 e. The van der Waals surface area contributed by atoms with Crippen LogP contribution < -0.4 is 5.73 Å². The third kappa shape index (κ3) is 2.84. The number of rotatable bonds is 2. The summed E-state index contributed by atoms with van der Waals surface area (Å²) < 4.78 is 0. The first-order valence-corrected chi connectivity index (χ1v) is 3.66. The maximum Gasteiger partial charge on any atom is 0.288 e. The van der Waals surface area contributed by atoms with Crippen LogP contribution in [0.1, 0.15) is 5.56 Å². The van der Waals surface area contributed by atoms with E-state index in [1.165, 1.54) is 12.1 Å². The van der Waals surface area contributed by atoms with E-state index < -0.39 is 4.92 Å². The van der Waals surface area contributed by atoms with E-state index in [0.717, 1.165) is 0 Å². The Morgan fingerprint density at radius 1 is 1.54 bits per heavy atom. The quantitative estimate of drug-likeness (QED) is 0.616. The van der Waals surface area contributed by atoms with E-state index in [0.29, 0.717) is 5.56 Å². The fourth-order valence-corrected chi connectivity index (χ4v) is 1.01. The van der Waals surface area contributed by atoms with Crippen molar-refractivity contribution in [1.29, 1.82) is 0 Å². The van der Waals surface area contributed by atoms with Gasteiger partial charge in [-0.25, -0.2) is 0 Å². The molecule has 0 aliphatic rings. The van der Waals surface area contributed by atoms with Crippen LogP contribution in [-0.4, -0.2) is 4.92 Å². The summed E-state index contributed by atoms with van der Waals surface area (Å²) >= 11 is 5.57. The van der Waals surface area contributed by atoms with E-state index in [4.69, 9.17) is 17.3 Å². The van der Waals surface area contributed by atoms with Crippen LogP contribution in [0.15, 0.2) is 18.2 Å². The first-order chi connectivity index (χ1) is 5.65. The molecule has 4 nitrogen and oxygen atoms in total. The van der Waals surface area contributed by atoms with Crippen LogP contribution in [0.2, 0.25) is 5.02 Å². The lowest BCUT2D eigenvalue weighted by Crippen LogP contribution is -1.97. The molecule has 2 N–H and O–H groups in total. The maximum atomic E-state index is 10.4. The lowest BCUT2D eigenvalue weighted by molar-refractivity contribution is -0.384. The monoisotopic (exact) mass is 222 g/mol. The van der Waals surface area contributed by atoms with Crippen molar-refractivity contribution >= 4 is 29.7 Å². The van der Waals surface area contributed by atoms with Gasteiger partial charge in [-0.05, 0) is 11.6 Å². The van der Waals surface area contributed by atoms with E-state index in [2.05, 4.69) is 0 Å². The second-order valence-corrected chi connectivity index (χ2v) is 2.65. The third-order valence-corrected chi connectivity index (χ3v) is 1.76. The van der Waals surface area contributed by atoms with Crippen molar-refractivity contribution in [3.8, 4) is 0 Å². The topological polar surface area (TPSA) is 69.2 Å². The Morgan fingerprint density at radius 2 is 2.15 bits per heavy atom. The van der Waals surface area contributed by atoms with Gasteiger partial charge in [-0.15, -0.1) is 12.4 Å². The molecule has 13 heavy (non-hydrogen) atoms. The number of hydrogen-bond donors (Lipinski definition) is 1. The van der Waals surface area contributed by atoms with Crippen LogP contribution in [0.5, 0.6) is 0 Å². The van der Waals surface area contributed by atoms with Crippen LogP contribution in [0.3, 0.4) is 0 Å². The lowest BCUT2D eigenvalue weighted by Gasteiger charge is -1.97. The zero-order valence-electron chi connectivity index (χ0n) is 6.57. The molecule has 0 radical (unpaired) electrons. The van der Waals surface area contributed by atoms with Crippen LogP contribution >= 0.6 is 24.0 Å². The Hall–Kier alpha value is -0.840. The number of nitrogens with two attached hydrogens (primary N) is 1. The lowest BCUT2D eigenvalue weighted by atomic mass is 10.2. The van der Waals surface area contributed by atoms with Crippen LogP contribution in [-0.2, 0) is 6.54 Å². The van der Waals surface area contributed by atoms with Gasteiger partial charge in [0.15, 0.2) is 0 Å². The Morgan fingerprint density at radius 3 is 2.62 bits per heavy atom. The van der Waals surface area contributed by atoms with Crippen molar-refractivity contribution in [3.63, 3.8) is 0 Å². The summed E-state index contributed by atoms with van der Waals surface area (Å²) in [6, 6.07) is 4.51. The van der Waals surface area contributed by atoms with E-state index in [1.54, 1.807) is 6.07 Å². The third-order valence-electron chi connectivity index (χ3n) is 1.44. The maximum absolute atomic E-state index is 10.4. The molecule has 72 valence electrons. The van der Waals surface area contributed by atoms with Gasteiger partial charge >= 0.3 is 0 Å². The average molecular weight is 223 g/mol.